The van der Waals surface area contributed by atoms with Gasteiger partial charge in [-0.1, -0.05) is 90.0 Å². The Kier molecular flexibility index (Phi) is 5.44. The molecule has 1 unspecified atom stereocenters. The zero-order valence-electron chi connectivity index (χ0n) is 21.6. The van der Waals surface area contributed by atoms with Crippen LogP contribution in [0.25, 0.3) is 11.0 Å². The maximum Gasteiger partial charge on any atom is 0.291 e. The number of benzene rings is 4. The lowest BCUT2D eigenvalue weighted by atomic mass is 9.83. The number of fused-ring (bicyclic) bond motifs is 5. The van der Waals surface area contributed by atoms with Crippen LogP contribution in [0.5, 0.6) is 0 Å². The lowest BCUT2D eigenvalue weighted by molar-refractivity contribution is -0.126. The average molecular weight is 547 g/mol. The van der Waals surface area contributed by atoms with Gasteiger partial charge < -0.3 is 14.2 Å². The zero-order chi connectivity index (χ0) is 27.6. The third-order valence-corrected chi connectivity index (χ3v) is 8.22. The minimum absolute atomic E-state index is 0.0108. The number of hydrogen-bond donors (Lipinski definition) is 0. The van der Waals surface area contributed by atoms with Crippen LogP contribution in [0, 0.1) is 6.92 Å². The molecule has 0 N–H and O–H groups in total. The average Bonchev–Trinajstić information content (AvgIpc) is 3.35. The molecule has 6 nitrogen and oxygen atoms in total. The normalized spacial score (nSPS) is 17.6. The van der Waals surface area contributed by atoms with Gasteiger partial charge in [0, 0.05) is 17.1 Å². The van der Waals surface area contributed by atoms with Crippen LogP contribution in [0.1, 0.15) is 38.4 Å². The van der Waals surface area contributed by atoms with Crippen molar-refractivity contribution in [3.63, 3.8) is 0 Å². The topological polar surface area (TPSA) is 70.8 Å². The van der Waals surface area contributed by atoms with Gasteiger partial charge in [0.15, 0.2) is 11.0 Å². The van der Waals surface area contributed by atoms with E-state index in [2.05, 4.69) is 0 Å². The minimum atomic E-state index is -1.71. The molecular formula is C33H23ClN2O4. The Morgan fingerprint density at radius 2 is 1.57 bits per heavy atom. The quantitative estimate of drug-likeness (QED) is 0.269. The second-order valence-corrected chi connectivity index (χ2v) is 10.6. The monoisotopic (exact) mass is 546 g/mol. The summed E-state index contributed by atoms with van der Waals surface area (Å²) in [6.07, 6.45) is 0. The van der Waals surface area contributed by atoms with Crippen molar-refractivity contribution in [2.75, 3.05) is 4.90 Å². The Labute approximate surface area is 235 Å². The van der Waals surface area contributed by atoms with Gasteiger partial charge in [-0.25, -0.2) is 0 Å². The number of para-hydroxylation sites is 2. The summed E-state index contributed by atoms with van der Waals surface area (Å²) in [5.74, 6) is -1.02. The highest BCUT2D eigenvalue weighted by Crippen LogP contribution is 2.53. The number of carbonyl (C=O) groups excluding carboxylic acids is 2. The first kappa shape index (κ1) is 24.4. The molecule has 5 aromatic rings. The maximum atomic E-state index is 14.9. The number of anilines is 1. The molecule has 7 rings (SSSR count). The van der Waals surface area contributed by atoms with Crippen LogP contribution in [0.2, 0.25) is 5.02 Å². The molecule has 2 amide bonds. The molecule has 1 spiro atoms. The summed E-state index contributed by atoms with van der Waals surface area (Å²) >= 11 is 6.54. The first-order valence-electron chi connectivity index (χ1n) is 13.0. The third kappa shape index (κ3) is 3.32. The fourth-order valence-electron chi connectivity index (χ4n) is 6.11. The van der Waals surface area contributed by atoms with Crippen molar-refractivity contribution in [1.29, 1.82) is 0 Å². The van der Waals surface area contributed by atoms with Gasteiger partial charge >= 0.3 is 0 Å². The summed E-state index contributed by atoms with van der Waals surface area (Å²) < 4.78 is 6.12. The fraction of sp³-hybridized carbons (Fsp3) is 0.121. The van der Waals surface area contributed by atoms with Gasteiger partial charge in [0.05, 0.1) is 23.2 Å². The van der Waals surface area contributed by atoms with Crippen molar-refractivity contribution in [3.05, 3.63) is 146 Å². The van der Waals surface area contributed by atoms with Crippen LogP contribution in [0.3, 0.4) is 0 Å². The molecule has 0 radical (unpaired) electrons. The number of nitrogens with zero attached hydrogens (tertiary/aromatic N) is 2. The first-order valence-corrected chi connectivity index (χ1v) is 13.4. The van der Waals surface area contributed by atoms with Crippen molar-refractivity contribution in [2.24, 2.45) is 0 Å². The molecule has 0 saturated heterocycles. The molecule has 2 aliphatic rings. The summed E-state index contributed by atoms with van der Waals surface area (Å²) in [7, 11) is 0. The van der Waals surface area contributed by atoms with Crippen molar-refractivity contribution < 1.29 is 14.0 Å². The highest BCUT2D eigenvalue weighted by atomic mass is 35.5. The standard InChI is InChI=1S/C33H23ClN2O4/c1-20-9-8-10-21(17-20)18-35-26-15-6-4-13-24(26)33(32(35)39)28-29(37)23-12-3-7-16-27(23)40-30(28)31(38)36(33)19-22-11-2-5-14-25(22)34/h2-17H,18-19H2,1H3. The van der Waals surface area contributed by atoms with Gasteiger partial charge in [-0.05, 0) is 42.3 Å². The summed E-state index contributed by atoms with van der Waals surface area (Å²) in [5, 5.41) is 0.775. The molecule has 0 aliphatic carbocycles. The van der Waals surface area contributed by atoms with Crippen molar-refractivity contribution >= 4 is 40.1 Å². The molecule has 3 heterocycles. The van der Waals surface area contributed by atoms with Gasteiger partial charge in [0.25, 0.3) is 11.8 Å². The van der Waals surface area contributed by atoms with E-state index in [9.17, 15) is 14.4 Å². The van der Waals surface area contributed by atoms with Crippen molar-refractivity contribution in [3.8, 4) is 0 Å². The second-order valence-electron chi connectivity index (χ2n) is 10.2. The van der Waals surface area contributed by atoms with Crippen LogP contribution < -0.4 is 10.3 Å². The molecule has 40 heavy (non-hydrogen) atoms. The molecular weight excluding hydrogens is 524 g/mol. The van der Waals surface area contributed by atoms with E-state index in [0.29, 0.717) is 32.8 Å². The smallest absolute Gasteiger partial charge is 0.291 e. The number of carbonyl (C=O) groups is 2. The zero-order valence-corrected chi connectivity index (χ0v) is 22.3. The summed E-state index contributed by atoms with van der Waals surface area (Å²) in [6.45, 7) is 2.29. The summed E-state index contributed by atoms with van der Waals surface area (Å²) in [6, 6.07) is 29.3. The van der Waals surface area contributed by atoms with Crippen LogP contribution >= 0.6 is 11.6 Å². The van der Waals surface area contributed by atoms with Gasteiger partial charge in [-0.2, -0.15) is 0 Å². The molecule has 7 heteroatoms. The Bertz CT molecular complexity index is 1930. The van der Waals surface area contributed by atoms with E-state index in [1.54, 1.807) is 41.3 Å². The maximum absolute atomic E-state index is 14.9. The van der Waals surface area contributed by atoms with Crippen molar-refractivity contribution in [2.45, 2.75) is 25.6 Å². The van der Waals surface area contributed by atoms with E-state index in [1.807, 2.05) is 67.6 Å². The van der Waals surface area contributed by atoms with Gasteiger partial charge in [0.2, 0.25) is 5.76 Å². The van der Waals surface area contributed by atoms with Crippen LogP contribution in [-0.2, 0) is 23.4 Å². The van der Waals surface area contributed by atoms with Crippen LogP contribution in [0.15, 0.2) is 106 Å². The number of amides is 2. The molecule has 196 valence electrons. The Morgan fingerprint density at radius 1 is 0.825 bits per heavy atom. The Balaban J connectivity index is 1.52. The molecule has 1 atom stereocenters. The van der Waals surface area contributed by atoms with E-state index in [0.717, 1.165) is 11.1 Å². The van der Waals surface area contributed by atoms with E-state index >= 15 is 0 Å². The van der Waals surface area contributed by atoms with E-state index in [4.69, 9.17) is 16.0 Å². The predicted molar refractivity (Wildman–Crippen MR) is 153 cm³/mol. The molecule has 2 aliphatic heterocycles. The van der Waals surface area contributed by atoms with Gasteiger partial charge in [0.1, 0.15) is 5.58 Å². The molecule has 1 aromatic heterocycles. The predicted octanol–water partition coefficient (Wildman–Crippen LogP) is 6.20. The largest absolute Gasteiger partial charge is 0.450 e. The Hall–Kier alpha value is -4.68. The minimum Gasteiger partial charge on any atom is -0.450 e. The summed E-state index contributed by atoms with van der Waals surface area (Å²) in [5.41, 5.74) is 2.11. The highest BCUT2D eigenvalue weighted by molar-refractivity contribution is 6.31. The van der Waals surface area contributed by atoms with Gasteiger partial charge in [-0.15, -0.1) is 0 Å². The lowest BCUT2D eigenvalue weighted by Gasteiger charge is -2.34. The molecule has 0 saturated carbocycles. The Morgan fingerprint density at radius 3 is 2.40 bits per heavy atom. The lowest BCUT2D eigenvalue weighted by Crippen LogP contribution is -2.53. The second kappa shape index (κ2) is 8.93. The summed E-state index contributed by atoms with van der Waals surface area (Å²) in [4.78, 5) is 46.4. The van der Waals surface area contributed by atoms with E-state index in [1.165, 1.54) is 4.90 Å². The van der Waals surface area contributed by atoms with Crippen LogP contribution in [-0.4, -0.2) is 16.7 Å². The van der Waals surface area contributed by atoms with E-state index in [-0.39, 0.29) is 30.3 Å². The number of hydrogen-bond acceptors (Lipinski definition) is 4. The van der Waals surface area contributed by atoms with Crippen molar-refractivity contribution in [1.82, 2.24) is 4.90 Å². The third-order valence-electron chi connectivity index (χ3n) is 7.85. The van der Waals surface area contributed by atoms with Crippen LogP contribution in [0.4, 0.5) is 5.69 Å². The number of aryl methyl sites for hydroxylation is 1. The number of rotatable bonds is 4. The SMILES string of the molecule is Cc1cccc(CN2C(=O)C3(c4ccccc42)c2c(oc4ccccc4c2=O)C(=O)N3Cc2ccccc2Cl)c1. The van der Waals surface area contributed by atoms with Gasteiger partial charge in [-0.3, -0.25) is 14.4 Å². The number of halogens is 1. The van der Waals surface area contributed by atoms with E-state index < -0.39 is 16.9 Å². The fourth-order valence-corrected chi connectivity index (χ4v) is 6.30. The highest BCUT2D eigenvalue weighted by Gasteiger charge is 2.65. The molecule has 4 aromatic carbocycles. The molecule has 0 fully saturated rings. The molecule has 0 bridgehead atoms. The first-order chi connectivity index (χ1) is 19.4.